The second-order valence-electron chi connectivity index (χ2n) is 4.42. The fourth-order valence-corrected chi connectivity index (χ4v) is 2.12. The molecule has 0 aromatic carbocycles. The minimum atomic E-state index is 0.121. The third-order valence-corrected chi connectivity index (χ3v) is 3.25. The largest absolute Gasteiger partial charge is 0.394 e. The number of piperidine rings is 1. The van der Waals surface area contributed by atoms with Crippen molar-refractivity contribution >= 4 is 0 Å². The van der Waals surface area contributed by atoms with Gasteiger partial charge in [-0.25, -0.2) is 0 Å². The second-order valence-corrected chi connectivity index (χ2v) is 4.42. The zero-order chi connectivity index (χ0) is 11.6. The molecule has 0 spiro atoms. The van der Waals surface area contributed by atoms with Crippen LogP contribution in [0.1, 0.15) is 19.8 Å². The summed E-state index contributed by atoms with van der Waals surface area (Å²) in [6.45, 7) is 9.22. The minimum absolute atomic E-state index is 0.121. The van der Waals surface area contributed by atoms with Crippen molar-refractivity contribution in [3.05, 3.63) is 0 Å². The highest BCUT2D eigenvalue weighted by atomic mass is 16.5. The molecule has 0 amide bonds. The summed E-state index contributed by atoms with van der Waals surface area (Å²) in [6, 6.07) is 0. The van der Waals surface area contributed by atoms with Gasteiger partial charge in [0.15, 0.2) is 0 Å². The van der Waals surface area contributed by atoms with Crippen LogP contribution < -0.4 is 5.32 Å². The van der Waals surface area contributed by atoms with Crippen LogP contribution in [-0.2, 0) is 4.74 Å². The van der Waals surface area contributed by atoms with Gasteiger partial charge in [-0.1, -0.05) is 6.92 Å². The predicted octanol–water partition coefficient (Wildman–Crippen LogP) is 0.317. The number of nitrogens with one attached hydrogen (secondary N) is 1. The first-order valence-corrected chi connectivity index (χ1v) is 6.48. The molecular weight excluding hydrogens is 204 g/mol. The van der Waals surface area contributed by atoms with Crippen LogP contribution in [-0.4, -0.2) is 62.6 Å². The third-order valence-electron chi connectivity index (χ3n) is 3.25. The zero-order valence-electron chi connectivity index (χ0n) is 10.5. The third kappa shape index (κ3) is 5.80. The molecule has 0 radical (unpaired) electrons. The molecule has 1 rings (SSSR count). The highest BCUT2D eigenvalue weighted by molar-refractivity contribution is 4.72. The first kappa shape index (κ1) is 13.9. The van der Waals surface area contributed by atoms with Crippen LogP contribution in [0.3, 0.4) is 0 Å². The average molecular weight is 230 g/mol. The molecule has 1 aliphatic rings. The number of aliphatic hydroxyl groups is 1. The molecule has 4 nitrogen and oxygen atoms in total. The molecular formula is C12H26N2O2. The SMILES string of the molecule is CCN1CCC(CNCCOCCO)CC1. The van der Waals surface area contributed by atoms with Crippen LogP contribution in [0.4, 0.5) is 0 Å². The topological polar surface area (TPSA) is 44.7 Å². The van der Waals surface area contributed by atoms with Crippen LogP contribution in [0.5, 0.6) is 0 Å². The maximum atomic E-state index is 8.52. The summed E-state index contributed by atoms with van der Waals surface area (Å²) in [6.07, 6.45) is 2.64. The van der Waals surface area contributed by atoms with Gasteiger partial charge in [-0.05, 0) is 44.9 Å². The van der Waals surface area contributed by atoms with Crippen molar-refractivity contribution in [2.75, 3.05) is 52.5 Å². The summed E-state index contributed by atoms with van der Waals surface area (Å²) in [4.78, 5) is 2.51. The van der Waals surface area contributed by atoms with Gasteiger partial charge in [0.05, 0.1) is 19.8 Å². The number of hydrogen-bond acceptors (Lipinski definition) is 4. The van der Waals surface area contributed by atoms with Crippen molar-refractivity contribution in [1.82, 2.24) is 10.2 Å². The number of rotatable bonds is 8. The van der Waals surface area contributed by atoms with Gasteiger partial charge < -0.3 is 20.1 Å². The lowest BCUT2D eigenvalue weighted by Gasteiger charge is -2.31. The van der Waals surface area contributed by atoms with E-state index in [1.54, 1.807) is 0 Å². The monoisotopic (exact) mass is 230 g/mol. The van der Waals surface area contributed by atoms with Crippen molar-refractivity contribution in [2.24, 2.45) is 5.92 Å². The highest BCUT2D eigenvalue weighted by Gasteiger charge is 2.17. The molecule has 96 valence electrons. The smallest absolute Gasteiger partial charge is 0.0698 e. The van der Waals surface area contributed by atoms with Crippen LogP contribution in [0, 0.1) is 5.92 Å². The number of nitrogens with zero attached hydrogens (tertiary/aromatic N) is 1. The Kier molecular flexibility index (Phi) is 7.76. The summed E-state index contributed by atoms with van der Waals surface area (Å²) in [5.41, 5.74) is 0. The van der Waals surface area contributed by atoms with Crippen LogP contribution in [0.15, 0.2) is 0 Å². The minimum Gasteiger partial charge on any atom is -0.394 e. The van der Waals surface area contributed by atoms with Gasteiger partial charge in [0.2, 0.25) is 0 Å². The van der Waals surface area contributed by atoms with Crippen molar-refractivity contribution in [1.29, 1.82) is 0 Å². The molecule has 1 aliphatic heterocycles. The number of ether oxygens (including phenoxy) is 1. The zero-order valence-corrected chi connectivity index (χ0v) is 10.5. The standard InChI is InChI=1S/C12H26N2O2/c1-2-14-6-3-12(4-7-14)11-13-5-9-16-10-8-15/h12-13,15H,2-11H2,1H3. The van der Waals surface area contributed by atoms with E-state index in [0.29, 0.717) is 13.2 Å². The van der Waals surface area contributed by atoms with Gasteiger partial charge in [0, 0.05) is 6.54 Å². The van der Waals surface area contributed by atoms with Crippen molar-refractivity contribution < 1.29 is 9.84 Å². The number of likely N-dealkylation sites (tertiary alicyclic amines) is 1. The quantitative estimate of drug-likeness (QED) is 0.589. The van der Waals surface area contributed by atoms with Crippen molar-refractivity contribution in [2.45, 2.75) is 19.8 Å². The molecule has 0 atom stereocenters. The van der Waals surface area contributed by atoms with Gasteiger partial charge in [0.25, 0.3) is 0 Å². The Bertz CT molecular complexity index is 159. The van der Waals surface area contributed by atoms with E-state index in [0.717, 1.165) is 19.0 Å². The fraction of sp³-hybridized carbons (Fsp3) is 1.00. The Hall–Kier alpha value is -0.160. The van der Waals surface area contributed by atoms with Crippen LogP contribution in [0.2, 0.25) is 0 Å². The van der Waals surface area contributed by atoms with Gasteiger partial charge in [-0.2, -0.15) is 0 Å². The van der Waals surface area contributed by atoms with Crippen molar-refractivity contribution in [3.8, 4) is 0 Å². The van der Waals surface area contributed by atoms with E-state index in [-0.39, 0.29) is 6.61 Å². The predicted molar refractivity (Wildman–Crippen MR) is 65.6 cm³/mol. The average Bonchev–Trinajstić information content (AvgIpc) is 2.34. The summed E-state index contributed by atoms with van der Waals surface area (Å²) >= 11 is 0. The summed E-state index contributed by atoms with van der Waals surface area (Å²) < 4.78 is 5.19. The lowest BCUT2D eigenvalue weighted by atomic mass is 9.97. The number of hydrogen-bond donors (Lipinski definition) is 2. The lowest BCUT2D eigenvalue weighted by molar-refractivity contribution is 0.0926. The molecule has 0 aromatic heterocycles. The Morgan fingerprint density at radius 3 is 2.69 bits per heavy atom. The molecule has 0 bridgehead atoms. The summed E-state index contributed by atoms with van der Waals surface area (Å²) in [5.74, 6) is 0.834. The highest BCUT2D eigenvalue weighted by Crippen LogP contribution is 2.15. The normalized spacial score (nSPS) is 19.1. The van der Waals surface area contributed by atoms with E-state index in [9.17, 15) is 0 Å². The lowest BCUT2D eigenvalue weighted by Crippen LogP contribution is -2.37. The van der Waals surface area contributed by atoms with E-state index >= 15 is 0 Å². The first-order chi connectivity index (χ1) is 7.86. The molecule has 0 saturated carbocycles. The summed E-state index contributed by atoms with van der Waals surface area (Å²) in [5, 5.41) is 11.9. The molecule has 1 fully saturated rings. The Morgan fingerprint density at radius 1 is 1.31 bits per heavy atom. The van der Waals surface area contributed by atoms with Gasteiger partial charge in [-0.3, -0.25) is 0 Å². The van der Waals surface area contributed by atoms with E-state index in [1.165, 1.54) is 32.5 Å². The summed E-state index contributed by atoms with van der Waals surface area (Å²) in [7, 11) is 0. The Morgan fingerprint density at radius 2 is 2.06 bits per heavy atom. The second kappa shape index (κ2) is 8.93. The van der Waals surface area contributed by atoms with E-state index in [1.807, 2.05) is 0 Å². The number of aliphatic hydroxyl groups excluding tert-OH is 1. The maximum absolute atomic E-state index is 8.52. The Labute approximate surface area is 99.0 Å². The van der Waals surface area contributed by atoms with Crippen LogP contribution in [0.25, 0.3) is 0 Å². The van der Waals surface area contributed by atoms with Crippen molar-refractivity contribution in [3.63, 3.8) is 0 Å². The molecule has 2 N–H and O–H groups in total. The van der Waals surface area contributed by atoms with E-state index < -0.39 is 0 Å². The van der Waals surface area contributed by atoms with Gasteiger partial charge in [0.1, 0.15) is 0 Å². The Balaban J connectivity index is 1.90. The molecule has 0 aliphatic carbocycles. The molecule has 1 heterocycles. The van der Waals surface area contributed by atoms with E-state index in [2.05, 4.69) is 17.1 Å². The van der Waals surface area contributed by atoms with Gasteiger partial charge in [-0.15, -0.1) is 0 Å². The van der Waals surface area contributed by atoms with Gasteiger partial charge >= 0.3 is 0 Å². The first-order valence-electron chi connectivity index (χ1n) is 6.48. The molecule has 4 heteroatoms. The maximum Gasteiger partial charge on any atom is 0.0698 e. The van der Waals surface area contributed by atoms with E-state index in [4.69, 9.17) is 9.84 Å². The molecule has 0 aromatic rings. The van der Waals surface area contributed by atoms with Crippen LogP contribution >= 0.6 is 0 Å². The fourth-order valence-electron chi connectivity index (χ4n) is 2.12. The molecule has 0 unspecified atom stereocenters. The molecule has 16 heavy (non-hydrogen) atoms. The molecule has 1 saturated heterocycles.